The molecule has 0 aromatic heterocycles. The Balaban J connectivity index is 1.98. The third kappa shape index (κ3) is 4.24. The Kier molecular flexibility index (Phi) is 5.33. The SMILES string of the molecule is CSc1ccc(C)c(C(=O)NCC2(O)CCC(C)CC2)c1. The summed E-state index contributed by atoms with van der Waals surface area (Å²) in [6.07, 6.45) is 5.62. The normalized spacial score (nSPS) is 25.6. The average molecular weight is 307 g/mol. The van der Waals surface area contributed by atoms with Crippen LogP contribution in [-0.2, 0) is 0 Å². The summed E-state index contributed by atoms with van der Waals surface area (Å²) < 4.78 is 0. The van der Waals surface area contributed by atoms with Gasteiger partial charge in [-0.05, 0) is 62.5 Å². The highest BCUT2D eigenvalue weighted by Crippen LogP contribution is 2.31. The van der Waals surface area contributed by atoms with Crippen LogP contribution in [0.1, 0.15) is 48.5 Å². The van der Waals surface area contributed by atoms with Crippen molar-refractivity contribution in [2.45, 2.75) is 50.0 Å². The monoisotopic (exact) mass is 307 g/mol. The van der Waals surface area contributed by atoms with Crippen molar-refractivity contribution in [3.63, 3.8) is 0 Å². The van der Waals surface area contributed by atoms with Crippen LogP contribution in [0.4, 0.5) is 0 Å². The van der Waals surface area contributed by atoms with Crippen LogP contribution in [0.25, 0.3) is 0 Å². The summed E-state index contributed by atoms with van der Waals surface area (Å²) in [6.45, 7) is 4.51. The van der Waals surface area contributed by atoms with Crippen molar-refractivity contribution in [1.29, 1.82) is 0 Å². The number of amides is 1. The van der Waals surface area contributed by atoms with Crippen molar-refractivity contribution >= 4 is 17.7 Å². The molecule has 0 unspecified atom stereocenters. The number of rotatable bonds is 4. The van der Waals surface area contributed by atoms with E-state index in [4.69, 9.17) is 0 Å². The molecule has 1 fully saturated rings. The van der Waals surface area contributed by atoms with Crippen LogP contribution in [0.5, 0.6) is 0 Å². The number of thioether (sulfide) groups is 1. The lowest BCUT2D eigenvalue weighted by Crippen LogP contribution is -2.45. The van der Waals surface area contributed by atoms with Crippen LogP contribution < -0.4 is 5.32 Å². The molecule has 1 aliphatic rings. The fourth-order valence-corrected chi connectivity index (χ4v) is 3.23. The van der Waals surface area contributed by atoms with E-state index in [0.717, 1.165) is 36.1 Å². The minimum atomic E-state index is -0.729. The van der Waals surface area contributed by atoms with E-state index in [1.54, 1.807) is 11.8 Å². The molecule has 0 aliphatic heterocycles. The highest BCUT2D eigenvalue weighted by molar-refractivity contribution is 7.98. The second kappa shape index (κ2) is 6.84. The fraction of sp³-hybridized carbons (Fsp3) is 0.588. The van der Waals surface area contributed by atoms with Gasteiger partial charge in [0.05, 0.1) is 5.60 Å². The predicted molar refractivity (Wildman–Crippen MR) is 87.9 cm³/mol. The topological polar surface area (TPSA) is 49.3 Å². The van der Waals surface area contributed by atoms with Crippen molar-refractivity contribution in [2.75, 3.05) is 12.8 Å². The standard InChI is InChI=1S/C17H25NO2S/c1-12-6-8-17(20,9-7-12)11-18-16(19)15-10-14(21-3)5-4-13(15)2/h4-5,10,12,20H,6-9,11H2,1-3H3,(H,18,19). The zero-order chi connectivity index (χ0) is 15.5. The van der Waals surface area contributed by atoms with Crippen molar-refractivity contribution in [2.24, 2.45) is 5.92 Å². The van der Waals surface area contributed by atoms with Gasteiger partial charge < -0.3 is 10.4 Å². The lowest BCUT2D eigenvalue weighted by molar-refractivity contribution is -0.00540. The van der Waals surface area contributed by atoms with Crippen LogP contribution in [-0.4, -0.2) is 29.4 Å². The molecule has 1 aromatic rings. The Labute approximate surface area is 131 Å². The predicted octanol–water partition coefficient (Wildman–Crippen LogP) is 3.39. The van der Waals surface area contributed by atoms with Crippen LogP contribution in [0.15, 0.2) is 23.1 Å². The van der Waals surface area contributed by atoms with Gasteiger partial charge in [-0.2, -0.15) is 0 Å². The molecular weight excluding hydrogens is 282 g/mol. The third-order valence-corrected chi connectivity index (χ3v) is 5.20. The highest BCUT2D eigenvalue weighted by atomic mass is 32.2. The minimum absolute atomic E-state index is 0.0875. The largest absolute Gasteiger partial charge is 0.388 e. The summed E-state index contributed by atoms with van der Waals surface area (Å²) in [5, 5.41) is 13.5. The Morgan fingerprint density at radius 1 is 1.43 bits per heavy atom. The Hall–Kier alpha value is -1.00. The van der Waals surface area contributed by atoms with E-state index < -0.39 is 5.60 Å². The van der Waals surface area contributed by atoms with Gasteiger partial charge in [-0.15, -0.1) is 11.8 Å². The molecule has 0 spiro atoms. The van der Waals surface area contributed by atoms with Gasteiger partial charge >= 0.3 is 0 Å². The van der Waals surface area contributed by atoms with Gasteiger partial charge in [0, 0.05) is 17.0 Å². The number of carbonyl (C=O) groups is 1. The lowest BCUT2D eigenvalue weighted by atomic mass is 9.79. The Morgan fingerprint density at radius 3 is 2.71 bits per heavy atom. The summed E-state index contributed by atoms with van der Waals surface area (Å²) in [7, 11) is 0. The van der Waals surface area contributed by atoms with E-state index >= 15 is 0 Å². The highest BCUT2D eigenvalue weighted by Gasteiger charge is 2.32. The smallest absolute Gasteiger partial charge is 0.251 e. The molecule has 0 saturated heterocycles. The summed E-state index contributed by atoms with van der Waals surface area (Å²) in [6, 6.07) is 5.91. The first-order valence-electron chi connectivity index (χ1n) is 7.59. The molecule has 0 atom stereocenters. The van der Waals surface area contributed by atoms with Crippen molar-refractivity contribution in [3.8, 4) is 0 Å². The van der Waals surface area contributed by atoms with Crippen LogP contribution in [0.2, 0.25) is 0 Å². The molecule has 0 radical (unpaired) electrons. The third-order valence-electron chi connectivity index (χ3n) is 4.47. The Morgan fingerprint density at radius 2 is 2.10 bits per heavy atom. The molecule has 1 aliphatic carbocycles. The number of benzene rings is 1. The van der Waals surface area contributed by atoms with E-state index in [2.05, 4.69) is 12.2 Å². The molecule has 21 heavy (non-hydrogen) atoms. The molecule has 3 nitrogen and oxygen atoms in total. The lowest BCUT2D eigenvalue weighted by Gasteiger charge is -2.35. The van der Waals surface area contributed by atoms with Gasteiger partial charge in [-0.1, -0.05) is 13.0 Å². The molecule has 0 heterocycles. The number of hydrogen-bond acceptors (Lipinski definition) is 3. The molecule has 4 heteroatoms. The maximum atomic E-state index is 12.4. The molecular formula is C17H25NO2S. The first-order valence-corrected chi connectivity index (χ1v) is 8.81. The average Bonchev–Trinajstić information content (AvgIpc) is 2.49. The van der Waals surface area contributed by atoms with E-state index in [-0.39, 0.29) is 5.91 Å². The van der Waals surface area contributed by atoms with Gasteiger partial charge in [0.2, 0.25) is 0 Å². The number of nitrogens with one attached hydrogen (secondary N) is 1. The van der Waals surface area contributed by atoms with Crippen LogP contribution >= 0.6 is 11.8 Å². The number of aliphatic hydroxyl groups is 1. The number of hydrogen-bond donors (Lipinski definition) is 2. The van der Waals surface area contributed by atoms with E-state index in [1.165, 1.54) is 0 Å². The van der Waals surface area contributed by atoms with E-state index in [1.807, 2.05) is 31.4 Å². The first-order chi connectivity index (χ1) is 9.93. The number of aryl methyl sites for hydroxylation is 1. The molecule has 116 valence electrons. The molecule has 1 aromatic carbocycles. The molecule has 2 N–H and O–H groups in total. The van der Waals surface area contributed by atoms with Gasteiger partial charge in [-0.25, -0.2) is 0 Å². The van der Waals surface area contributed by atoms with Crippen LogP contribution in [0.3, 0.4) is 0 Å². The van der Waals surface area contributed by atoms with E-state index in [0.29, 0.717) is 18.0 Å². The van der Waals surface area contributed by atoms with Gasteiger partial charge in [0.25, 0.3) is 5.91 Å². The second-order valence-electron chi connectivity index (χ2n) is 6.27. The summed E-state index contributed by atoms with van der Waals surface area (Å²) in [5.41, 5.74) is 0.942. The quantitative estimate of drug-likeness (QED) is 0.838. The minimum Gasteiger partial charge on any atom is -0.388 e. The maximum absolute atomic E-state index is 12.4. The van der Waals surface area contributed by atoms with Crippen LogP contribution in [0, 0.1) is 12.8 Å². The summed E-state index contributed by atoms with van der Waals surface area (Å²) in [5.74, 6) is 0.594. The van der Waals surface area contributed by atoms with Crippen molar-refractivity contribution in [3.05, 3.63) is 29.3 Å². The fourth-order valence-electron chi connectivity index (χ4n) is 2.79. The van der Waals surface area contributed by atoms with Crippen molar-refractivity contribution in [1.82, 2.24) is 5.32 Å². The van der Waals surface area contributed by atoms with E-state index in [9.17, 15) is 9.90 Å². The molecule has 2 rings (SSSR count). The van der Waals surface area contributed by atoms with Gasteiger partial charge in [-0.3, -0.25) is 4.79 Å². The first kappa shape index (κ1) is 16.4. The number of carbonyl (C=O) groups excluding carboxylic acids is 1. The van der Waals surface area contributed by atoms with Gasteiger partial charge in [0.15, 0.2) is 0 Å². The molecule has 1 amide bonds. The van der Waals surface area contributed by atoms with Crippen molar-refractivity contribution < 1.29 is 9.90 Å². The summed E-state index contributed by atoms with van der Waals surface area (Å²) >= 11 is 1.63. The molecule has 0 bridgehead atoms. The Bertz CT molecular complexity index is 508. The summed E-state index contributed by atoms with van der Waals surface area (Å²) in [4.78, 5) is 13.4. The van der Waals surface area contributed by atoms with Gasteiger partial charge in [0.1, 0.15) is 0 Å². The maximum Gasteiger partial charge on any atom is 0.251 e. The zero-order valence-electron chi connectivity index (χ0n) is 13.1. The zero-order valence-corrected chi connectivity index (χ0v) is 13.9. The molecule has 1 saturated carbocycles. The second-order valence-corrected chi connectivity index (χ2v) is 7.15.